The first-order valence-corrected chi connectivity index (χ1v) is 12.0. The molecule has 0 bridgehead atoms. The second kappa shape index (κ2) is 13.9. The van der Waals surface area contributed by atoms with Crippen LogP contribution in [0.2, 0.25) is 0 Å². The molecule has 2 aliphatic carbocycles. The van der Waals surface area contributed by atoms with Crippen molar-refractivity contribution in [3.05, 3.63) is 12.2 Å². The minimum atomic E-state index is 0.628. The smallest absolute Gasteiger partial charge is 0.0206 e. The molecule has 0 nitrogen and oxygen atoms in total. The van der Waals surface area contributed by atoms with Crippen LogP contribution in [0.5, 0.6) is 0 Å². The number of hydrogen-bond donors (Lipinski definition) is 0. The monoisotopic (exact) mass is 366 g/mol. The van der Waals surface area contributed by atoms with E-state index in [1.807, 2.05) is 12.2 Å². The van der Waals surface area contributed by atoms with E-state index in [2.05, 4.69) is 37.5 Å². The molecule has 0 amide bonds. The van der Waals surface area contributed by atoms with Gasteiger partial charge in [-0.3, -0.25) is 0 Å². The third-order valence-electron chi connectivity index (χ3n) is 6.68. The lowest BCUT2D eigenvalue weighted by atomic mass is 9.80. The van der Waals surface area contributed by atoms with Crippen LogP contribution in [0.3, 0.4) is 0 Å². The lowest BCUT2D eigenvalue weighted by Gasteiger charge is -2.25. The number of rotatable bonds is 7. The summed E-state index contributed by atoms with van der Waals surface area (Å²) in [6.45, 7) is 4.60. The molecule has 0 aromatic heterocycles. The van der Waals surface area contributed by atoms with E-state index < -0.39 is 0 Å². The minimum Gasteiger partial charge on any atom is -0.0951 e. The Morgan fingerprint density at radius 3 is 1.59 bits per heavy atom. The van der Waals surface area contributed by atoms with E-state index in [0.717, 1.165) is 11.8 Å². The van der Waals surface area contributed by atoms with Gasteiger partial charge in [0.1, 0.15) is 0 Å². The largest absolute Gasteiger partial charge is 0.0951 e. The lowest BCUT2D eigenvalue weighted by molar-refractivity contribution is 0.294. The molecule has 0 aromatic carbocycles. The third kappa shape index (κ3) is 9.56. The first kappa shape index (κ1) is 22.2. The van der Waals surface area contributed by atoms with E-state index in [-0.39, 0.29) is 0 Å². The fraction of sp³-hybridized carbons (Fsp3) is 0.778. The summed E-state index contributed by atoms with van der Waals surface area (Å²) in [5.74, 6) is 16.6. The molecule has 0 aliphatic heterocycles. The SMILES string of the molecule is CCCCCCC1CCC(C#C/C=C/C#CC2CCC(CCC)CC2)CC1. The maximum Gasteiger partial charge on any atom is 0.0206 e. The van der Waals surface area contributed by atoms with Crippen LogP contribution in [-0.4, -0.2) is 0 Å². The summed E-state index contributed by atoms with van der Waals surface area (Å²) in [5.41, 5.74) is 0. The molecule has 0 saturated heterocycles. The summed E-state index contributed by atoms with van der Waals surface area (Å²) in [6, 6.07) is 0. The predicted molar refractivity (Wildman–Crippen MR) is 119 cm³/mol. The van der Waals surface area contributed by atoms with E-state index in [1.165, 1.54) is 96.3 Å². The van der Waals surface area contributed by atoms with Gasteiger partial charge in [0.2, 0.25) is 0 Å². The van der Waals surface area contributed by atoms with Gasteiger partial charge in [-0.2, -0.15) is 0 Å². The highest BCUT2D eigenvalue weighted by atomic mass is 14.2. The Hall–Kier alpha value is -1.14. The highest BCUT2D eigenvalue weighted by Crippen LogP contribution is 2.32. The Bertz CT molecular complexity index is 516. The number of allylic oxidation sites excluding steroid dienone is 2. The molecule has 0 radical (unpaired) electrons. The molecule has 0 heteroatoms. The standard InChI is InChI=1S/C27H42/c1-3-5-6-9-13-25-20-22-27(23-21-25)15-11-8-7-10-14-26-18-16-24(12-4-2)17-19-26/h7-8,24-27H,3-6,9,12-13,16-23H2,1-2H3/b8-7+. The van der Waals surface area contributed by atoms with Crippen LogP contribution in [0.25, 0.3) is 0 Å². The van der Waals surface area contributed by atoms with Crippen molar-refractivity contribution < 1.29 is 0 Å². The molecule has 0 N–H and O–H groups in total. The van der Waals surface area contributed by atoms with Gasteiger partial charge in [-0.05, 0) is 75.4 Å². The van der Waals surface area contributed by atoms with Gasteiger partial charge in [0.15, 0.2) is 0 Å². The van der Waals surface area contributed by atoms with Crippen molar-refractivity contribution in [3.63, 3.8) is 0 Å². The van der Waals surface area contributed by atoms with Gasteiger partial charge < -0.3 is 0 Å². The molecule has 2 aliphatic rings. The fourth-order valence-corrected chi connectivity index (χ4v) is 4.87. The minimum absolute atomic E-state index is 0.628. The van der Waals surface area contributed by atoms with Crippen molar-refractivity contribution in [2.24, 2.45) is 23.7 Å². The highest BCUT2D eigenvalue weighted by Gasteiger charge is 2.19. The van der Waals surface area contributed by atoms with Crippen LogP contribution in [0, 0.1) is 47.4 Å². The zero-order valence-electron chi connectivity index (χ0n) is 18.1. The summed E-state index contributed by atoms with van der Waals surface area (Å²) < 4.78 is 0. The van der Waals surface area contributed by atoms with Crippen LogP contribution in [-0.2, 0) is 0 Å². The number of unbranched alkanes of at least 4 members (excludes halogenated alkanes) is 3. The van der Waals surface area contributed by atoms with Gasteiger partial charge in [0.25, 0.3) is 0 Å². The van der Waals surface area contributed by atoms with Gasteiger partial charge in [-0.25, -0.2) is 0 Å². The molecule has 27 heavy (non-hydrogen) atoms. The Morgan fingerprint density at radius 2 is 1.11 bits per heavy atom. The molecule has 0 spiro atoms. The highest BCUT2D eigenvalue weighted by molar-refractivity contribution is 5.26. The van der Waals surface area contributed by atoms with Crippen LogP contribution < -0.4 is 0 Å². The molecule has 2 rings (SSSR count). The van der Waals surface area contributed by atoms with Gasteiger partial charge in [-0.1, -0.05) is 82.5 Å². The zero-order chi connectivity index (χ0) is 19.2. The third-order valence-corrected chi connectivity index (χ3v) is 6.68. The lowest BCUT2D eigenvalue weighted by Crippen LogP contribution is -2.13. The summed E-state index contributed by atoms with van der Waals surface area (Å²) >= 11 is 0. The van der Waals surface area contributed by atoms with Gasteiger partial charge >= 0.3 is 0 Å². The summed E-state index contributed by atoms with van der Waals surface area (Å²) in [5, 5.41) is 0. The zero-order valence-corrected chi connectivity index (χ0v) is 18.1. The fourth-order valence-electron chi connectivity index (χ4n) is 4.87. The van der Waals surface area contributed by atoms with Crippen molar-refractivity contribution in [3.8, 4) is 23.7 Å². The molecule has 0 unspecified atom stereocenters. The van der Waals surface area contributed by atoms with Crippen LogP contribution >= 0.6 is 0 Å². The first-order valence-electron chi connectivity index (χ1n) is 12.0. The average molecular weight is 367 g/mol. The average Bonchev–Trinajstić information content (AvgIpc) is 2.70. The Balaban J connectivity index is 1.58. The van der Waals surface area contributed by atoms with Crippen molar-refractivity contribution in [2.45, 2.75) is 110 Å². The van der Waals surface area contributed by atoms with E-state index in [0.29, 0.717) is 11.8 Å². The maximum absolute atomic E-state index is 3.47. The van der Waals surface area contributed by atoms with Crippen molar-refractivity contribution in [1.29, 1.82) is 0 Å². The predicted octanol–water partition coefficient (Wildman–Crippen LogP) is 7.93. The van der Waals surface area contributed by atoms with Crippen LogP contribution in [0.1, 0.15) is 110 Å². The topological polar surface area (TPSA) is 0 Å². The second-order valence-corrected chi connectivity index (χ2v) is 8.98. The van der Waals surface area contributed by atoms with Crippen molar-refractivity contribution in [2.75, 3.05) is 0 Å². The van der Waals surface area contributed by atoms with Crippen molar-refractivity contribution >= 4 is 0 Å². The Labute approximate surface area is 170 Å². The summed E-state index contributed by atoms with van der Waals surface area (Å²) in [6.07, 6.45) is 24.6. The normalized spacial score (nSPS) is 28.2. The maximum atomic E-state index is 3.47. The summed E-state index contributed by atoms with van der Waals surface area (Å²) in [7, 11) is 0. The van der Waals surface area contributed by atoms with Gasteiger partial charge in [-0.15, -0.1) is 0 Å². The molecule has 0 aromatic rings. The summed E-state index contributed by atoms with van der Waals surface area (Å²) in [4.78, 5) is 0. The molecule has 2 fully saturated rings. The molecule has 0 atom stereocenters. The molecular weight excluding hydrogens is 324 g/mol. The van der Waals surface area contributed by atoms with E-state index in [1.54, 1.807) is 0 Å². The Morgan fingerprint density at radius 1 is 0.593 bits per heavy atom. The van der Waals surface area contributed by atoms with Gasteiger partial charge in [0, 0.05) is 11.8 Å². The molecule has 150 valence electrons. The van der Waals surface area contributed by atoms with E-state index in [9.17, 15) is 0 Å². The number of hydrogen-bond acceptors (Lipinski definition) is 0. The molecule has 0 heterocycles. The van der Waals surface area contributed by atoms with E-state index >= 15 is 0 Å². The first-order chi connectivity index (χ1) is 13.3. The van der Waals surface area contributed by atoms with Crippen LogP contribution in [0.4, 0.5) is 0 Å². The second-order valence-electron chi connectivity index (χ2n) is 8.98. The van der Waals surface area contributed by atoms with Gasteiger partial charge in [0.05, 0.1) is 0 Å². The molecular formula is C27H42. The Kier molecular flexibility index (Phi) is 11.4. The van der Waals surface area contributed by atoms with Crippen LogP contribution in [0.15, 0.2) is 12.2 Å². The van der Waals surface area contributed by atoms with Crippen molar-refractivity contribution in [1.82, 2.24) is 0 Å². The van der Waals surface area contributed by atoms with E-state index in [4.69, 9.17) is 0 Å². The molecule has 2 saturated carbocycles. The quantitative estimate of drug-likeness (QED) is 0.317.